The lowest BCUT2D eigenvalue weighted by atomic mass is 9.57. The summed E-state index contributed by atoms with van der Waals surface area (Å²) in [6.45, 7) is -2.59. The summed E-state index contributed by atoms with van der Waals surface area (Å²) in [6, 6.07) is 13.2. The van der Waals surface area contributed by atoms with Gasteiger partial charge in [-0.2, -0.15) is 0 Å². The van der Waals surface area contributed by atoms with E-state index in [-0.39, 0.29) is 23.1 Å². The van der Waals surface area contributed by atoms with Crippen molar-refractivity contribution in [3.05, 3.63) is 77.7 Å². The maximum atomic E-state index is 13.1. The van der Waals surface area contributed by atoms with Gasteiger partial charge in [0.2, 0.25) is 0 Å². The quantitative estimate of drug-likeness (QED) is 0.558. The number of carbonyl (C=O) groups excluding carboxylic acids is 1. The first-order chi connectivity index (χ1) is 14.2. The average molecular weight is 403 g/mol. The third kappa shape index (κ3) is 3.46. The monoisotopic (exact) mass is 403 g/mol. The van der Waals surface area contributed by atoms with Crippen LogP contribution in [0.3, 0.4) is 0 Å². The highest BCUT2D eigenvalue weighted by Gasteiger charge is 2.44. The van der Waals surface area contributed by atoms with Gasteiger partial charge in [0.15, 0.2) is 0 Å². The number of nitrogens with two attached hydrogens (primary N) is 1. The highest BCUT2D eigenvalue weighted by molar-refractivity contribution is 6.73. The van der Waals surface area contributed by atoms with Gasteiger partial charge in [-0.1, -0.05) is 41.9 Å². The van der Waals surface area contributed by atoms with Gasteiger partial charge in [0.1, 0.15) is 5.78 Å². The number of hydrogen-bond donors (Lipinski definition) is 3. The number of hydrogen-bond acceptors (Lipinski definition) is 5. The van der Waals surface area contributed by atoms with Crippen LogP contribution in [0.1, 0.15) is 22.6 Å². The number of Topliss-reactive ketones (excluding diaryl/α,β-unsaturated/α-hetero) is 1. The van der Waals surface area contributed by atoms with Crippen LogP contribution in [-0.2, 0) is 11.2 Å². The van der Waals surface area contributed by atoms with Crippen molar-refractivity contribution >= 4 is 34.8 Å². The molecule has 4 N–H and O–H groups in total. The molecule has 1 aliphatic rings. The predicted molar refractivity (Wildman–Crippen MR) is 120 cm³/mol. The Balaban J connectivity index is 1.61. The Morgan fingerprint density at radius 3 is 2.70 bits per heavy atom. The number of aromatic nitrogens is 1. The van der Waals surface area contributed by atoms with Gasteiger partial charge < -0.3 is 20.2 Å². The number of pyridine rings is 1. The summed E-state index contributed by atoms with van der Waals surface area (Å²) in [5.41, 5.74) is 8.87. The number of quaternary nitrogens is 1. The standard InChI is InChI=1S/C23H26BN3O3/c1-27(2)10-8-19-13-18(5-6-22(19)24(27,29)30)21(14-25)23(28)12-16-3-4-20-15-26-9-7-17(20)11-16/h3-11,13,15,21,29-30H,12,14,25H2,1-2H3. The summed E-state index contributed by atoms with van der Waals surface area (Å²) in [5.74, 6) is -0.424. The molecule has 0 saturated carbocycles. The Hall–Kier alpha value is -2.84. The summed E-state index contributed by atoms with van der Waals surface area (Å²) in [5, 5.41) is 23.4. The van der Waals surface area contributed by atoms with E-state index in [1.807, 2.05) is 36.4 Å². The zero-order valence-corrected chi connectivity index (χ0v) is 17.2. The van der Waals surface area contributed by atoms with Crippen LogP contribution < -0.4 is 11.2 Å². The summed E-state index contributed by atoms with van der Waals surface area (Å²) in [6.07, 6.45) is 7.43. The molecule has 30 heavy (non-hydrogen) atoms. The molecule has 0 radical (unpaired) electrons. The van der Waals surface area contributed by atoms with Crippen molar-refractivity contribution in [1.82, 2.24) is 4.98 Å². The van der Waals surface area contributed by atoms with Crippen LogP contribution in [0.5, 0.6) is 0 Å². The number of fused-ring (bicyclic) bond motifs is 2. The minimum absolute atomic E-state index is 0.0338. The van der Waals surface area contributed by atoms with Crippen molar-refractivity contribution < 1.29 is 19.2 Å². The molecule has 1 unspecified atom stereocenters. The fourth-order valence-corrected chi connectivity index (χ4v) is 4.08. The zero-order valence-electron chi connectivity index (χ0n) is 17.2. The van der Waals surface area contributed by atoms with Crippen LogP contribution >= 0.6 is 0 Å². The molecule has 0 spiro atoms. The molecule has 0 amide bonds. The van der Waals surface area contributed by atoms with Gasteiger partial charge >= 0.3 is 6.69 Å². The molecule has 0 fully saturated rings. The van der Waals surface area contributed by atoms with Gasteiger partial charge in [0.25, 0.3) is 0 Å². The first-order valence-electron chi connectivity index (χ1n) is 10.0. The van der Waals surface area contributed by atoms with E-state index in [9.17, 15) is 14.8 Å². The largest absolute Gasteiger partial charge is 0.524 e. The van der Waals surface area contributed by atoms with E-state index in [0.717, 1.165) is 21.9 Å². The summed E-state index contributed by atoms with van der Waals surface area (Å²) >= 11 is 0. The van der Waals surface area contributed by atoms with Crippen molar-refractivity contribution in [2.24, 2.45) is 5.73 Å². The lowest BCUT2D eigenvalue weighted by Crippen LogP contribution is -2.71. The molecule has 0 aliphatic carbocycles. The van der Waals surface area contributed by atoms with Gasteiger partial charge in [-0.15, -0.1) is 0 Å². The van der Waals surface area contributed by atoms with Crippen molar-refractivity contribution in [2.45, 2.75) is 12.3 Å². The Kier molecular flexibility index (Phi) is 5.07. The number of carbonyl (C=O) groups is 1. The molecule has 1 atom stereocenters. The first kappa shape index (κ1) is 20.4. The Bertz CT molecular complexity index is 1160. The number of rotatable bonds is 5. The maximum Gasteiger partial charge on any atom is 0.502 e. The minimum atomic E-state index is -2.78. The van der Waals surface area contributed by atoms with E-state index in [2.05, 4.69) is 4.98 Å². The molecule has 1 aliphatic heterocycles. The normalized spacial score (nSPS) is 17.5. The molecule has 2 heterocycles. The second kappa shape index (κ2) is 7.45. The van der Waals surface area contributed by atoms with E-state index in [4.69, 9.17) is 5.73 Å². The molecule has 0 bridgehead atoms. The molecule has 154 valence electrons. The zero-order chi connectivity index (χ0) is 21.5. The average Bonchev–Trinajstić information content (AvgIpc) is 2.72. The topological polar surface area (TPSA) is 96.4 Å². The highest BCUT2D eigenvalue weighted by Crippen LogP contribution is 2.26. The van der Waals surface area contributed by atoms with Crippen molar-refractivity contribution in [3.63, 3.8) is 0 Å². The Morgan fingerprint density at radius 1 is 1.13 bits per heavy atom. The van der Waals surface area contributed by atoms with Gasteiger partial charge in [0.05, 0.1) is 12.1 Å². The predicted octanol–water partition coefficient (Wildman–Crippen LogP) is 1.28. The van der Waals surface area contributed by atoms with E-state index in [0.29, 0.717) is 11.0 Å². The van der Waals surface area contributed by atoms with Crippen LogP contribution in [0.4, 0.5) is 0 Å². The van der Waals surface area contributed by atoms with Crippen molar-refractivity contribution in [3.8, 4) is 0 Å². The Labute approximate surface area is 175 Å². The summed E-state index contributed by atoms with van der Waals surface area (Å²) in [4.78, 5) is 17.2. The molecule has 7 heteroatoms. The molecule has 6 nitrogen and oxygen atoms in total. The van der Waals surface area contributed by atoms with Crippen LogP contribution in [0.2, 0.25) is 0 Å². The highest BCUT2D eigenvalue weighted by atomic mass is 16.4. The van der Waals surface area contributed by atoms with Gasteiger partial charge in [-0.05, 0) is 34.2 Å². The lowest BCUT2D eigenvalue weighted by Gasteiger charge is -2.47. The third-order valence-corrected chi connectivity index (χ3v) is 6.20. The third-order valence-electron chi connectivity index (χ3n) is 6.20. The van der Waals surface area contributed by atoms with E-state index in [1.165, 1.54) is 0 Å². The molecule has 3 aromatic rings. The van der Waals surface area contributed by atoms with Gasteiger partial charge in [-0.3, -0.25) is 9.78 Å². The SMILES string of the molecule is C[N+]1(C)C=Cc2cc(C(CN)C(=O)Cc3ccc4cnccc4c3)ccc2[B-]1(O)O. The second-order valence-electron chi connectivity index (χ2n) is 8.56. The molecular formula is C23H26BN3O3. The van der Waals surface area contributed by atoms with Crippen molar-refractivity contribution in [2.75, 3.05) is 20.6 Å². The van der Waals surface area contributed by atoms with Crippen LogP contribution in [0.25, 0.3) is 16.8 Å². The number of nitrogens with zero attached hydrogens (tertiary/aromatic N) is 2. The van der Waals surface area contributed by atoms with Gasteiger partial charge in [0, 0.05) is 44.8 Å². The molecule has 0 saturated heterocycles. The Morgan fingerprint density at radius 2 is 1.93 bits per heavy atom. The summed E-state index contributed by atoms with van der Waals surface area (Å²) in [7, 11) is 3.47. The van der Waals surface area contributed by atoms with E-state index < -0.39 is 12.6 Å². The fourth-order valence-electron chi connectivity index (χ4n) is 4.08. The number of ketones is 1. The van der Waals surface area contributed by atoms with Crippen molar-refractivity contribution in [1.29, 1.82) is 0 Å². The summed E-state index contributed by atoms with van der Waals surface area (Å²) < 4.78 is -0.0386. The molecular weight excluding hydrogens is 377 g/mol. The molecule has 4 rings (SSSR count). The fraction of sp³-hybridized carbons (Fsp3) is 0.217. The minimum Gasteiger partial charge on any atom is -0.524 e. The molecule has 2 aromatic carbocycles. The first-order valence-corrected chi connectivity index (χ1v) is 10.0. The molecule has 1 aromatic heterocycles. The van der Waals surface area contributed by atoms with E-state index in [1.54, 1.807) is 44.8 Å². The maximum absolute atomic E-state index is 13.1. The van der Waals surface area contributed by atoms with Crippen LogP contribution in [-0.4, -0.2) is 52.5 Å². The van der Waals surface area contributed by atoms with Crippen LogP contribution in [0.15, 0.2) is 61.1 Å². The smallest absolute Gasteiger partial charge is 0.502 e. The second-order valence-corrected chi connectivity index (χ2v) is 8.56. The van der Waals surface area contributed by atoms with Gasteiger partial charge in [-0.25, -0.2) is 0 Å². The lowest BCUT2D eigenvalue weighted by molar-refractivity contribution is -0.750. The van der Waals surface area contributed by atoms with Crippen LogP contribution in [0, 0.1) is 0 Å². The number of benzene rings is 2. The van der Waals surface area contributed by atoms with E-state index >= 15 is 0 Å².